The van der Waals surface area contributed by atoms with Gasteiger partial charge in [-0.2, -0.15) is 0 Å². The number of hydrogen-bond acceptors (Lipinski definition) is 2. The predicted molar refractivity (Wildman–Crippen MR) is 92.8 cm³/mol. The Morgan fingerprint density at radius 3 is 2.50 bits per heavy atom. The molecule has 1 aromatic carbocycles. The molecule has 0 saturated heterocycles. The molecule has 2 aromatic rings. The number of hydrogen-bond donors (Lipinski definition) is 1. The molecular weight excluding hydrogens is 321 g/mol. The van der Waals surface area contributed by atoms with Crippen LogP contribution in [0.2, 0.25) is 5.02 Å². The molecule has 0 radical (unpaired) electrons. The summed E-state index contributed by atoms with van der Waals surface area (Å²) in [6, 6.07) is 11.8. The summed E-state index contributed by atoms with van der Waals surface area (Å²) < 4.78 is 1.75. The van der Waals surface area contributed by atoms with Gasteiger partial charge in [0.05, 0.1) is 5.02 Å². The first kappa shape index (κ1) is 18.6. The van der Waals surface area contributed by atoms with E-state index in [-0.39, 0.29) is 18.3 Å². The average molecular weight is 342 g/mol. The van der Waals surface area contributed by atoms with Crippen LogP contribution < -0.4 is 5.73 Å². The second kappa shape index (κ2) is 8.83. The van der Waals surface area contributed by atoms with Crippen LogP contribution in [-0.4, -0.2) is 35.0 Å². The minimum atomic E-state index is -0.0363. The summed E-state index contributed by atoms with van der Waals surface area (Å²) in [6.45, 7) is 1.62. The molecule has 2 N–H and O–H groups in total. The van der Waals surface area contributed by atoms with Gasteiger partial charge in [0.1, 0.15) is 5.69 Å². The van der Waals surface area contributed by atoms with Crippen LogP contribution in [0.5, 0.6) is 0 Å². The molecule has 0 atom stereocenters. The van der Waals surface area contributed by atoms with Crippen LogP contribution >= 0.6 is 24.0 Å². The molecule has 0 unspecified atom stereocenters. The predicted octanol–water partition coefficient (Wildman–Crippen LogP) is 2.74. The third kappa shape index (κ3) is 4.77. The molecule has 0 bridgehead atoms. The molecule has 0 aliphatic carbocycles. The maximum absolute atomic E-state index is 12.6. The summed E-state index contributed by atoms with van der Waals surface area (Å²) in [5.74, 6) is -0.0363. The number of nitrogens with zero attached hydrogens (tertiary/aromatic N) is 2. The van der Waals surface area contributed by atoms with E-state index in [1.165, 1.54) is 5.56 Å². The van der Waals surface area contributed by atoms with Crippen LogP contribution in [-0.2, 0) is 13.5 Å². The Kier molecular flexibility index (Phi) is 7.45. The van der Waals surface area contributed by atoms with Gasteiger partial charge in [-0.05, 0) is 18.1 Å². The molecular formula is C16H21Cl2N3O. The Labute approximate surface area is 142 Å². The molecule has 1 amide bonds. The minimum Gasteiger partial charge on any atom is -0.345 e. The van der Waals surface area contributed by atoms with E-state index >= 15 is 0 Å². The van der Waals surface area contributed by atoms with Gasteiger partial charge in [-0.25, -0.2) is 0 Å². The van der Waals surface area contributed by atoms with Crippen molar-refractivity contribution in [2.24, 2.45) is 12.8 Å². The zero-order chi connectivity index (χ0) is 15.2. The third-order valence-corrected chi connectivity index (χ3v) is 3.60. The molecule has 0 aliphatic rings. The Balaban J connectivity index is 0.00000242. The van der Waals surface area contributed by atoms with Crippen molar-refractivity contribution in [2.75, 3.05) is 19.6 Å². The lowest BCUT2D eigenvalue weighted by Crippen LogP contribution is -2.37. The van der Waals surface area contributed by atoms with Crippen LogP contribution in [0, 0.1) is 0 Å². The number of rotatable bonds is 6. The minimum absolute atomic E-state index is 0. The van der Waals surface area contributed by atoms with E-state index in [4.69, 9.17) is 17.3 Å². The smallest absolute Gasteiger partial charge is 0.270 e. The molecule has 1 aromatic heterocycles. The van der Waals surface area contributed by atoms with Crippen molar-refractivity contribution in [3.05, 3.63) is 58.9 Å². The Hall–Kier alpha value is -1.49. The van der Waals surface area contributed by atoms with Crippen LogP contribution in [0.1, 0.15) is 16.1 Å². The molecule has 6 heteroatoms. The normalized spacial score (nSPS) is 10.1. The molecule has 0 aliphatic heterocycles. The monoisotopic (exact) mass is 341 g/mol. The van der Waals surface area contributed by atoms with E-state index in [0.717, 1.165) is 6.42 Å². The molecule has 4 nitrogen and oxygen atoms in total. The summed E-state index contributed by atoms with van der Waals surface area (Å²) in [5.41, 5.74) is 7.42. The molecule has 0 spiro atoms. The van der Waals surface area contributed by atoms with E-state index < -0.39 is 0 Å². The highest BCUT2D eigenvalue weighted by Gasteiger charge is 2.18. The van der Waals surface area contributed by atoms with Crippen molar-refractivity contribution in [2.45, 2.75) is 6.42 Å². The standard InChI is InChI=1S/C16H20ClN3O.ClH/c1-19-12-14(17)11-15(19)16(21)20(10-8-18)9-7-13-5-3-2-4-6-13;/h2-6,11-12H,7-10,18H2,1H3;1H. The maximum atomic E-state index is 12.6. The van der Waals surface area contributed by atoms with Gasteiger partial charge in [0.15, 0.2) is 0 Å². The van der Waals surface area contributed by atoms with Gasteiger partial charge in [0.25, 0.3) is 5.91 Å². The lowest BCUT2D eigenvalue weighted by atomic mass is 10.1. The summed E-state index contributed by atoms with van der Waals surface area (Å²) in [4.78, 5) is 14.4. The van der Waals surface area contributed by atoms with Crippen molar-refractivity contribution < 1.29 is 4.79 Å². The van der Waals surface area contributed by atoms with E-state index in [1.54, 1.807) is 21.7 Å². The van der Waals surface area contributed by atoms with Crippen LogP contribution in [0.15, 0.2) is 42.6 Å². The number of halogens is 2. The Bertz CT molecular complexity index is 599. The number of aryl methyl sites for hydroxylation is 1. The maximum Gasteiger partial charge on any atom is 0.270 e. The molecule has 1 heterocycles. The summed E-state index contributed by atoms with van der Waals surface area (Å²) in [5, 5.41) is 0.566. The highest BCUT2D eigenvalue weighted by Crippen LogP contribution is 2.15. The van der Waals surface area contributed by atoms with E-state index in [9.17, 15) is 4.79 Å². The van der Waals surface area contributed by atoms with E-state index in [1.807, 2.05) is 25.2 Å². The fraction of sp³-hybridized carbons (Fsp3) is 0.312. The highest BCUT2D eigenvalue weighted by molar-refractivity contribution is 6.31. The van der Waals surface area contributed by atoms with Crippen LogP contribution in [0.25, 0.3) is 0 Å². The van der Waals surface area contributed by atoms with Crippen molar-refractivity contribution in [3.8, 4) is 0 Å². The quantitative estimate of drug-likeness (QED) is 0.878. The third-order valence-electron chi connectivity index (χ3n) is 3.39. The fourth-order valence-electron chi connectivity index (χ4n) is 2.28. The Morgan fingerprint density at radius 2 is 1.95 bits per heavy atom. The van der Waals surface area contributed by atoms with Crippen molar-refractivity contribution in [1.29, 1.82) is 0 Å². The average Bonchev–Trinajstić information content (AvgIpc) is 2.82. The number of aromatic nitrogens is 1. The second-order valence-corrected chi connectivity index (χ2v) is 5.41. The van der Waals surface area contributed by atoms with Gasteiger partial charge in [-0.15, -0.1) is 12.4 Å². The van der Waals surface area contributed by atoms with Gasteiger partial charge in [0, 0.05) is 32.9 Å². The Morgan fingerprint density at radius 1 is 1.27 bits per heavy atom. The highest BCUT2D eigenvalue weighted by atomic mass is 35.5. The van der Waals surface area contributed by atoms with E-state index in [0.29, 0.717) is 30.4 Å². The topological polar surface area (TPSA) is 51.3 Å². The number of carbonyl (C=O) groups is 1. The van der Waals surface area contributed by atoms with Crippen molar-refractivity contribution in [3.63, 3.8) is 0 Å². The van der Waals surface area contributed by atoms with Crippen molar-refractivity contribution >= 4 is 29.9 Å². The molecule has 0 fully saturated rings. The summed E-state index contributed by atoms with van der Waals surface area (Å²) >= 11 is 5.95. The fourth-order valence-corrected chi connectivity index (χ4v) is 2.53. The zero-order valence-corrected chi connectivity index (χ0v) is 14.1. The van der Waals surface area contributed by atoms with Gasteiger partial charge in [-0.1, -0.05) is 41.9 Å². The first-order valence-corrected chi connectivity index (χ1v) is 7.34. The molecule has 22 heavy (non-hydrogen) atoms. The van der Waals surface area contributed by atoms with Gasteiger partial charge in [-0.3, -0.25) is 4.79 Å². The van der Waals surface area contributed by atoms with Crippen molar-refractivity contribution in [1.82, 2.24) is 9.47 Å². The van der Waals surface area contributed by atoms with Crippen LogP contribution in [0.4, 0.5) is 0 Å². The van der Waals surface area contributed by atoms with Crippen LogP contribution in [0.3, 0.4) is 0 Å². The summed E-state index contributed by atoms with van der Waals surface area (Å²) in [7, 11) is 1.82. The SMILES string of the molecule is Cl.Cn1cc(Cl)cc1C(=O)N(CCN)CCc1ccccc1. The lowest BCUT2D eigenvalue weighted by molar-refractivity contribution is 0.0752. The summed E-state index contributed by atoms with van der Waals surface area (Å²) in [6.07, 6.45) is 2.54. The van der Waals surface area contributed by atoms with Gasteiger partial charge >= 0.3 is 0 Å². The van der Waals surface area contributed by atoms with E-state index in [2.05, 4.69) is 12.1 Å². The number of carbonyl (C=O) groups excluding carboxylic acids is 1. The number of nitrogens with two attached hydrogens (primary N) is 1. The molecule has 2 rings (SSSR count). The van der Waals surface area contributed by atoms with Gasteiger partial charge < -0.3 is 15.2 Å². The first-order chi connectivity index (χ1) is 10.1. The first-order valence-electron chi connectivity index (χ1n) is 6.97. The molecule has 0 saturated carbocycles. The second-order valence-electron chi connectivity index (χ2n) is 4.97. The molecule has 120 valence electrons. The van der Waals surface area contributed by atoms with Gasteiger partial charge in [0.2, 0.25) is 0 Å². The lowest BCUT2D eigenvalue weighted by Gasteiger charge is -2.22. The number of benzene rings is 1. The largest absolute Gasteiger partial charge is 0.345 e. The zero-order valence-electron chi connectivity index (χ0n) is 12.5. The number of amides is 1.